The zero-order chi connectivity index (χ0) is 36.1. The van der Waals surface area contributed by atoms with Gasteiger partial charge in [0.2, 0.25) is 17.6 Å². The molecule has 2 aliphatic heterocycles. The number of aryl methyl sites for hydroxylation is 2. The van der Waals surface area contributed by atoms with Crippen LogP contribution in [0.5, 0.6) is 5.75 Å². The van der Waals surface area contributed by atoms with Crippen molar-refractivity contribution >= 4 is 35.0 Å². The van der Waals surface area contributed by atoms with Crippen LogP contribution in [0.25, 0.3) is 0 Å². The summed E-state index contributed by atoms with van der Waals surface area (Å²) in [6, 6.07) is 2.13. The molecular weight excluding hydrogens is 624 g/mol. The molecule has 4 atom stereocenters. The van der Waals surface area contributed by atoms with E-state index in [1.54, 1.807) is 7.11 Å². The molecule has 0 radical (unpaired) electrons. The third kappa shape index (κ3) is 9.08. The number of primary amides is 1. The Morgan fingerprint density at radius 1 is 1.08 bits per heavy atom. The Kier molecular flexibility index (Phi) is 12.3. The van der Waals surface area contributed by atoms with Gasteiger partial charge >= 0.3 is 0 Å². The summed E-state index contributed by atoms with van der Waals surface area (Å²) in [7, 11) is 1.63. The van der Waals surface area contributed by atoms with Crippen molar-refractivity contribution in [2.75, 3.05) is 13.7 Å². The van der Waals surface area contributed by atoms with E-state index in [4.69, 9.17) is 15.3 Å². The molecule has 3 aliphatic rings. The van der Waals surface area contributed by atoms with Crippen LogP contribution in [0.4, 0.5) is 0 Å². The average molecular weight is 681 g/mol. The number of methoxy groups -OCH3 is 1. The number of amides is 3. The monoisotopic (exact) mass is 680 g/mol. The summed E-state index contributed by atoms with van der Waals surface area (Å²) in [6.45, 7) is 11.6. The quantitative estimate of drug-likeness (QED) is 0.217. The molecular formula is C38H56N4O7. The predicted molar refractivity (Wildman–Crippen MR) is 187 cm³/mol. The van der Waals surface area contributed by atoms with Gasteiger partial charge in [-0.05, 0) is 67.7 Å². The number of hydrogen-bond acceptors (Lipinski definition) is 8. The van der Waals surface area contributed by atoms with E-state index in [2.05, 4.69) is 10.5 Å². The number of Topliss-reactive ketones (excluding diaryl/α,β-unsaturated/α-hetero) is 2. The summed E-state index contributed by atoms with van der Waals surface area (Å²) < 4.78 is 5.54. The first-order valence-electron chi connectivity index (χ1n) is 18.0. The standard InChI is InChI=1S/C38H56N4O7/c1-8-13-26(32(45)35(39)46)19-30(43)29-21-38(20-28(41-49-38)27-16-23(2)33(48-7)24(3)17-27)22-42(29)36(47)34(37(4,5)6)40-31(44)18-25-14-11-9-10-12-15-25/h16-17,25-26,29,34H,8-15,18-22H2,1-7H3,(H2,39,46)(H,40,44)/t26-,29+,34-,38-/m1/s1. The van der Waals surface area contributed by atoms with E-state index in [1.807, 2.05) is 53.7 Å². The molecule has 0 bridgehead atoms. The number of rotatable bonds is 13. The van der Waals surface area contributed by atoms with Gasteiger partial charge in [-0.2, -0.15) is 0 Å². The number of nitrogens with one attached hydrogen (secondary N) is 1. The highest BCUT2D eigenvalue weighted by molar-refractivity contribution is 6.36. The van der Waals surface area contributed by atoms with Crippen molar-refractivity contribution in [3.05, 3.63) is 28.8 Å². The maximum atomic E-state index is 14.6. The number of nitrogens with two attached hydrogens (primary N) is 1. The maximum Gasteiger partial charge on any atom is 0.285 e. The van der Waals surface area contributed by atoms with Crippen LogP contribution in [-0.4, -0.2) is 71.2 Å². The fourth-order valence-corrected chi connectivity index (χ4v) is 7.90. The summed E-state index contributed by atoms with van der Waals surface area (Å²) in [5, 5.41) is 7.52. The molecule has 270 valence electrons. The SMILES string of the molecule is CCC[C@H](CC(=O)[C@@H]1C[C@]2(CC(c3cc(C)c(OC)c(C)c3)=NO2)CN1C(=O)[C@@H](NC(=O)CC1CCCCCC1)C(C)(C)C)C(=O)C(N)=O. The number of ether oxygens (including phenoxy) is 1. The van der Waals surface area contributed by atoms with Gasteiger partial charge in [0.15, 0.2) is 11.4 Å². The molecule has 49 heavy (non-hydrogen) atoms. The highest BCUT2D eigenvalue weighted by Crippen LogP contribution is 2.41. The van der Waals surface area contributed by atoms with E-state index < -0.39 is 40.7 Å². The van der Waals surface area contributed by atoms with Crippen LogP contribution < -0.4 is 15.8 Å². The molecule has 11 nitrogen and oxygen atoms in total. The van der Waals surface area contributed by atoms with Crippen LogP contribution in [0.2, 0.25) is 0 Å². The van der Waals surface area contributed by atoms with Crippen LogP contribution in [0.1, 0.15) is 121 Å². The second-order valence-electron chi connectivity index (χ2n) is 15.6. The fourth-order valence-electron chi connectivity index (χ4n) is 7.90. The average Bonchev–Trinajstić information content (AvgIpc) is 3.53. The minimum Gasteiger partial charge on any atom is -0.496 e. The van der Waals surface area contributed by atoms with Gasteiger partial charge in [0.25, 0.3) is 5.91 Å². The Morgan fingerprint density at radius 3 is 2.27 bits per heavy atom. The van der Waals surface area contributed by atoms with E-state index in [9.17, 15) is 24.0 Å². The minimum absolute atomic E-state index is 0.0800. The van der Waals surface area contributed by atoms with Crippen molar-refractivity contribution in [2.24, 2.45) is 28.1 Å². The molecule has 11 heteroatoms. The van der Waals surface area contributed by atoms with Crippen LogP contribution in [0.15, 0.2) is 17.3 Å². The first kappa shape index (κ1) is 38.0. The summed E-state index contributed by atoms with van der Waals surface area (Å²) in [6.07, 6.45) is 8.15. The number of likely N-dealkylation sites (tertiary alicyclic amines) is 1. The van der Waals surface area contributed by atoms with Crippen LogP contribution >= 0.6 is 0 Å². The fraction of sp³-hybridized carbons (Fsp3) is 0.684. The van der Waals surface area contributed by atoms with Gasteiger partial charge in [-0.15, -0.1) is 0 Å². The van der Waals surface area contributed by atoms with Crippen molar-refractivity contribution in [3.63, 3.8) is 0 Å². The molecule has 1 aromatic carbocycles. The van der Waals surface area contributed by atoms with E-state index in [1.165, 1.54) is 17.7 Å². The molecule has 4 rings (SSSR count). The zero-order valence-electron chi connectivity index (χ0n) is 30.5. The molecule has 0 aromatic heterocycles. The third-order valence-electron chi connectivity index (χ3n) is 10.5. The van der Waals surface area contributed by atoms with Crippen molar-refractivity contribution in [2.45, 2.75) is 136 Å². The Morgan fingerprint density at radius 2 is 1.71 bits per heavy atom. The first-order chi connectivity index (χ1) is 23.1. The Labute approximate surface area is 291 Å². The third-order valence-corrected chi connectivity index (χ3v) is 10.5. The van der Waals surface area contributed by atoms with Gasteiger partial charge in [0, 0.05) is 37.2 Å². The van der Waals surface area contributed by atoms with E-state index in [-0.39, 0.29) is 42.9 Å². The lowest BCUT2D eigenvalue weighted by Crippen LogP contribution is -2.57. The molecule has 3 N–H and O–H groups in total. The van der Waals surface area contributed by atoms with E-state index >= 15 is 0 Å². The number of hydrogen-bond donors (Lipinski definition) is 2. The van der Waals surface area contributed by atoms with Crippen molar-refractivity contribution in [3.8, 4) is 5.75 Å². The molecule has 1 saturated carbocycles. The predicted octanol–water partition coefficient (Wildman–Crippen LogP) is 5.10. The van der Waals surface area contributed by atoms with E-state index in [0.29, 0.717) is 31.4 Å². The van der Waals surface area contributed by atoms with Crippen LogP contribution in [-0.2, 0) is 28.8 Å². The Bertz CT molecular complexity index is 1430. The smallest absolute Gasteiger partial charge is 0.285 e. The number of oxime groups is 1. The van der Waals surface area contributed by atoms with Gasteiger partial charge < -0.3 is 25.5 Å². The van der Waals surface area contributed by atoms with Gasteiger partial charge in [-0.3, -0.25) is 24.0 Å². The number of carbonyl (C=O) groups excluding carboxylic acids is 5. The lowest BCUT2D eigenvalue weighted by Gasteiger charge is -2.36. The molecule has 2 heterocycles. The van der Waals surface area contributed by atoms with Crippen molar-refractivity contribution in [1.29, 1.82) is 0 Å². The molecule has 0 unspecified atom stereocenters. The summed E-state index contributed by atoms with van der Waals surface area (Å²) >= 11 is 0. The largest absolute Gasteiger partial charge is 0.496 e. The summed E-state index contributed by atoms with van der Waals surface area (Å²) in [5.74, 6) is -2.54. The molecule has 1 saturated heterocycles. The number of ketones is 2. The Hall–Kier alpha value is -3.76. The normalized spacial score (nSPS) is 22.6. The van der Waals surface area contributed by atoms with Crippen molar-refractivity contribution < 1.29 is 33.5 Å². The van der Waals surface area contributed by atoms with Crippen LogP contribution in [0.3, 0.4) is 0 Å². The molecule has 3 amide bonds. The second kappa shape index (κ2) is 15.9. The number of carbonyl (C=O) groups is 5. The zero-order valence-corrected chi connectivity index (χ0v) is 30.5. The molecule has 1 aliphatic carbocycles. The first-order valence-corrected chi connectivity index (χ1v) is 18.0. The van der Waals surface area contributed by atoms with Gasteiger partial charge in [0.1, 0.15) is 11.8 Å². The highest BCUT2D eigenvalue weighted by atomic mass is 16.7. The van der Waals surface area contributed by atoms with Crippen LogP contribution in [0, 0.1) is 31.1 Å². The van der Waals surface area contributed by atoms with Gasteiger partial charge in [0.05, 0.1) is 25.4 Å². The molecule has 1 spiro atoms. The highest BCUT2D eigenvalue weighted by Gasteiger charge is 2.55. The van der Waals surface area contributed by atoms with E-state index in [0.717, 1.165) is 48.1 Å². The number of benzene rings is 1. The van der Waals surface area contributed by atoms with Crippen molar-refractivity contribution in [1.82, 2.24) is 10.2 Å². The second-order valence-corrected chi connectivity index (χ2v) is 15.6. The lowest BCUT2D eigenvalue weighted by atomic mass is 9.84. The summed E-state index contributed by atoms with van der Waals surface area (Å²) in [5.41, 5.74) is 7.17. The lowest BCUT2D eigenvalue weighted by molar-refractivity contribution is -0.145. The minimum atomic E-state index is -1.08. The topological polar surface area (TPSA) is 157 Å². The van der Waals surface area contributed by atoms with Gasteiger partial charge in [-0.25, -0.2) is 0 Å². The number of nitrogens with zero attached hydrogens (tertiary/aromatic N) is 2. The summed E-state index contributed by atoms with van der Waals surface area (Å²) in [4.78, 5) is 74.4. The molecule has 1 aromatic rings. The Balaban J connectivity index is 1.62. The maximum absolute atomic E-state index is 14.6. The molecule has 2 fully saturated rings. The van der Waals surface area contributed by atoms with Gasteiger partial charge in [-0.1, -0.05) is 65.0 Å².